The van der Waals surface area contributed by atoms with E-state index in [4.69, 9.17) is 0 Å². The molecule has 0 bridgehead atoms. The van der Waals surface area contributed by atoms with E-state index in [0.29, 0.717) is 30.8 Å². The molecule has 1 fully saturated rings. The van der Waals surface area contributed by atoms with Gasteiger partial charge >= 0.3 is 0 Å². The van der Waals surface area contributed by atoms with Crippen molar-refractivity contribution in [3.8, 4) is 0 Å². The zero-order valence-electron chi connectivity index (χ0n) is 14.8. The molecule has 0 unspecified atom stereocenters. The molecule has 0 saturated carbocycles. The summed E-state index contributed by atoms with van der Waals surface area (Å²) in [6.45, 7) is 3.19. The second-order valence-corrected chi connectivity index (χ2v) is 8.95. The van der Waals surface area contributed by atoms with Crippen molar-refractivity contribution in [2.45, 2.75) is 26.2 Å². The average Bonchev–Trinajstić information content (AvgIpc) is 3.00. The van der Waals surface area contributed by atoms with E-state index in [-0.39, 0.29) is 11.7 Å². The maximum Gasteiger partial charge on any atom is 0.258 e. The first-order valence-corrected chi connectivity index (χ1v) is 10.6. The lowest BCUT2D eigenvalue weighted by atomic mass is 9.97. The van der Waals surface area contributed by atoms with Gasteiger partial charge in [-0.1, -0.05) is 24.3 Å². The summed E-state index contributed by atoms with van der Waals surface area (Å²) in [4.78, 5) is 15.0. The third-order valence-electron chi connectivity index (χ3n) is 5.14. The first kappa shape index (κ1) is 17.1. The molecule has 136 valence electrons. The Balaban J connectivity index is 1.70. The highest BCUT2D eigenvalue weighted by Gasteiger charge is 2.30. The highest BCUT2D eigenvalue weighted by molar-refractivity contribution is 7.93. The van der Waals surface area contributed by atoms with Gasteiger partial charge in [0, 0.05) is 18.7 Å². The molecule has 1 amide bonds. The lowest BCUT2D eigenvalue weighted by Gasteiger charge is -2.31. The number of nitrogens with zero attached hydrogens (tertiary/aromatic N) is 2. The Morgan fingerprint density at radius 2 is 1.85 bits per heavy atom. The molecular weight excluding hydrogens is 348 g/mol. The Hall–Kier alpha value is -2.34. The van der Waals surface area contributed by atoms with Gasteiger partial charge in [0.25, 0.3) is 5.91 Å². The van der Waals surface area contributed by atoms with Gasteiger partial charge in [0.2, 0.25) is 10.0 Å². The van der Waals surface area contributed by atoms with Crippen LogP contribution in [0.3, 0.4) is 0 Å². The summed E-state index contributed by atoms with van der Waals surface area (Å²) >= 11 is 0. The van der Waals surface area contributed by atoms with Crippen LogP contribution in [0.4, 0.5) is 11.4 Å². The molecule has 1 saturated heterocycles. The summed E-state index contributed by atoms with van der Waals surface area (Å²) in [6, 6.07) is 13.1. The Morgan fingerprint density at radius 1 is 1.04 bits per heavy atom. The fraction of sp³-hybridized carbons (Fsp3) is 0.350. The number of anilines is 2. The Bertz CT molecular complexity index is 969. The molecule has 0 atom stereocenters. The molecule has 0 N–H and O–H groups in total. The Labute approximate surface area is 154 Å². The molecular formula is C20H22N2O3S. The molecule has 2 aromatic rings. The van der Waals surface area contributed by atoms with Crippen LogP contribution in [0.2, 0.25) is 0 Å². The van der Waals surface area contributed by atoms with Gasteiger partial charge < -0.3 is 4.90 Å². The number of carbonyl (C=O) groups excluding carboxylic acids is 1. The second-order valence-electron chi connectivity index (χ2n) is 6.94. The summed E-state index contributed by atoms with van der Waals surface area (Å²) in [6.07, 6.45) is 2.54. The van der Waals surface area contributed by atoms with Crippen LogP contribution in [-0.2, 0) is 16.4 Å². The highest BCUT2D eigenvalue weighted by atomic mass is 32.2. The number of fused-ring (bicyclic) bond motifs is 1. The van der Waals surface area contributed by atoms with Crippen molar-refractivity contribution < 1.29 is 13.2 Å². The largest absolute Gasteiger partial charge is 0.308 e. The Morgan fingerprint density at radius 3 is 2.62 bits per heavy atom. The van der Waals surface area contributed by atoms with Gasteiger partial charge in [0.05, 0.1) is 17.1 Å². The molecule has 2 aliphatic heterocycles. The molecule has 26 heavy (non-hydrogen) atoms. The van der Waals surface area contributed by atoms with Crippen molar-refractivity contribution in [3.63, 3.8) is 0 Å². The van der Waals surface area contributed by atoms with Crippen molar-refractivity contribution in [1.29, 1.82) is 0 Å². The molecule has 6 heteroatoms. The van der Waals surface area contributed by atoms with Crippen LogP contribution in [-0.4, -0.2) is 33.2 Å². The van der Waals surface area contributed by atoms with Crippen molar-refractivity contribution in [2.75, 3.05) is 28.0 Å². The predicted octanol–water partition coefficient (Wildman–Crippen LogP) is 3.13. The van der Waals surface area contributed by atoms with Crippen molar-refractivity contribution in [3.05, 3.63) is 59.2 Å². The van der Waals surface area contributed by atoms with Crippen molar-refractivity contribution >= 4 is 27.3 Å². The number of sulfonamides is 1. The van der Waals surface area contributed by atoms with Crippen LogP contribution in [0, 0.1) is 6.92 Å². The summed E-state index contributed by atoms with van der Waals surface area (Å²) in [5.41, 5.74) is 4.40. The number of hydrogen-bond donors (Lipinski definition) is 0. The second kappa shape index (κ2) is 6.43. The van der Waals surface area contributed by atoms with E-state index in [1.54, 1.807) is 24.3 Å². The van der Waals surface area contributed by atoms with Crippen LogP contribution in [0.25, 0.3) is 0 Å². The van der Waals surface area contributed by atoms with Gasteiger partial charge in [0.1, 0.15) is 0 Å². The normalized spacial score (nSPS) is 18.7. The summed E-state index contributed by atoms with van der Waals surface area (Å²) in [7, 11) is -3.25. The zero-order valence-corrected chi connectivity index (χ0v) is 15.6. The number of amides is 1. The molecule has 2 heterocycles. The fourth-order valence-electron chi connectivity index (χ4n) is 3.93. The third-order valence-corrected chi connectivity index (χ3v) is 7.01. The minimum absolute atomic E-state index is 0.0707. The number of benzene rings is 2. The SMILES string of the molecule is Cc1cccc2c1N(C(=O)c1cccc(N3CCCS3(=O)=O)c1)CCC2. The lowest BCUT2D eigenvalue weighted by molar-refractivity contribution is 0.0985. The van der Waals surface area contributed by atoms with Crippen molar-refractivity contribution in [2.24, 2.45) is 0 Å². The van der Waals surface area contributed by atoms with Gasteiger partial charge in [-0.15, -0.1) is 0 Å². The third kappa shape index (κ3) is 2.88. The van der Waals surface area contributed by atoms with E-state index in [2.05, 4.69) is 6.07 Å². The van der Waals surface area contributed by atoms with Crippen LogP contribution in [0.5, 0.6) is 0 Å². The quantitative estimate of drug-likeness (QED) is 0.816. The number of aryl methyl sites for hydroxylation is 2. The van der Waals surface area contributed by atoms with Crippen LogP contribution in [0.15, 0.2) is 42.5 Å². The van der Waals surface area contributed by atoms with Gasteiger partial charge in [-0.2, -0.15) is 0 Å². The molecule has 4 rings (SSSR count). The van der Waals surface area contributed by atoms with E-state index in [9.17, 15) is 13.2 Å². The molecule has 0 radical (unpaired) electrons. The molecule has 2 aliphatic rings. The van der Waals surface area contributed by atoms with Gasteiger partial charge in [0.15, 0.2) is 0 Å². The maximum atomic E-state index is 13.2. The van der Waals surface area contributed by atoms with Gasteiger partial charge in [-0.25, -0.2) is 8.42 Å². The molecule has 0 aromatic heterocycles. The standard InChI is InChI=1S/C20H22N2O3S/c1-15-6-2-7-16-9-4-11-21(19(15)16)20(23)17-8-3-10-18(14-17)22-12-5-13-26(22,24)25/h2-3,6-8,10,14H,4-5,9,11-13H2,1H3. The monoisotopic (exact) mass is 370 g/mol. The minimum Gasteiger partial charge on any atom is -0.308 e. The molecule has 0 aliphatic carbocycles. The smallest absolute Gasteiger partial charge is 0.258 e. The van der Waals surface area contributed by atoms with E-state index < -0.39 is 10.0 Å². The van der Waals surface area contributed by atoms with Gasteiger partial charge in [-0.3, -0.25) is 9.10 Å². The van der Waals surface area contributed by atoms with E-state index >= 15 is 0 Å². The summed E-state index contributed by atoms with van der Waals surface area (Å²) in [5.74, 6) is 0.0999. The molecule has 5 nitrogen and oxygen atoms in total. The van der Waals surface area contributed by atoms with Crippen LogP contribution in [0.1, 0.15) is 34.3 Å². The minimum atomic E-state index is -3.25. The van der Waals surface area contributed by atoms with Gasteiger partial charge in [-0.05, 0) is 55.5 Å². The summed E-state index contributed by atoms with van der Waals surface area (Å²) < 4.78 is 25.8. The summed E-state index contributed by atoms with van der Waals surface area (Å²) in [5, 5.41) is 0. The Kier molecular flexibility index (Phi) is 4.23. The predicted molar refractivity (Wildman–Crippen MR) is 103 cm³/mol. The van der Waals surface area contributed by atoms with E-state index in [0.717, 1.165) is 24.1 Å². The fourth-order valence-corrected chi connectivity index (χ4v) is 5.49. The average molecular weight is 370 g/mol. The lowest BCUT2D eigenvalue weighted by Crippen LogP contribution is -2.36. The first-order valence-electron chi connectivity index (χ1n) is 8.98. The number of para-hydroxylation sites is 1. The highest BCUT2D eigenvalue weighted by Crippen LogP contribution is 2.32. The zero-order chi connectivity index (χ0) is 18.3. The van der Waals surface area contributed by atoms with Crippen LogP contribution >= 0.6 is 0 Å². The number of hydrogen-bond acceptors (Lipinski definition) is 3. The topological polar surface area (TPSA) is 57.7 Å². The van der Waals surface area contributed by atoms with Crippen molar-refractivity contribution in [1.82, 2.24) is 0 Å². The number of carbonyl (C=O) groups is 1. The van der Waals surface area contributed by atoms with E-state index in [1.807, 2.05) is 24.0 Å². The molecule has 0 spiro atoms. The van der Waals surface area contributed by atoms with E-state index in [1.165, 1.54) is 9.87 Å². The van der Waals surface area contributed by atoms with Crippen LogP contribution < -0.4 is 9.21 Å². The molecule has 2 aromatic carbocycles. The maximum absolute atomic E-state index is 13.2. The number of rotatable bonds is 2. The first-order chi connectivity index (χ1) is 12.5.